The average Bonchev–Trinajstić information content (AvgIpc) is 2.36. The fourth-order valence-corrected chi connectivity index (χ4v) is 2.76. The van der Waals surface area contributed by atoms with Crippen LogP contribution in [0.4, 0.5) is 0 Å². The summed E-state index contributed by atoms with van der Waals surface area (Å²) >= 11 is 0. The number of hydrogen-bond acceptors (Lipinski definition) is 2. The van der Waals surface area contributed by atoms with Crippen molar-refractivity contribution in [2.45, 2.75) is 58.2 Å². The highest BCUT2D eigenvalue weighted by Crippen LogP contribution is 2.28. The van der Waals surface area contributed by atoms with Crippen LogP contribution in [0.2, 0.25) is 0 Å². The second-order valence-electron chi connectivity index (χ2n) is 5.99. The second-order valence-corrected chi connectivity index (χ2v) is 5.99. The molecule has 2 heteroatoms. The molecule has 0 bridgehead atoms. The number of hydrogen-bond donors (Lipinski definition) is 1. The maximum absolute atomic E-state index is 6.26. The van der Waals surface area contributed by atoms with Crippen LogP contribution in [0.1, 0.15) is 44.7 Å². The molecule has 1 aromatic rings. The summed E-state index contributed by atoms with van der Waals surface area (Å²) in [5, 5.41) is 0. The van der Waals surface area contributed by atoms with E-state index in [0.717, 1.165) is 25.9 Å². The Balaban J connectivity index is 2.07. The molecule has 1 heterocycles. The summed E-state index contributed by atoms with van der Waals surface area (Å²) in [6, 6.07) is 9.30. The monoisotopic (exact) mass is 246 g/mol. The number of benzene rings is 1. The Bertz CT molecular complexity index is 381. The van der Waals surface area contributed by atoms with Gasteiger partial charge in [-0.1, -0.05) is 31.2 Å². The molecule has 1 unspecified atom stereocenters. The zero-order valence-electron chi connectivity index (χ0n) is 11.9. The molecule has 1 fully saturated rings. The van der Waals surface area contributed by atoms with Crippen molar-refractivity contribution in [3.05, 3.63) is 35.4 Å². The first kappa shape index (κ1) is 13.6. The molecule has 2 nitrogen and oxygen atoms in total. The molecule has 0 aromatic heterocycles. The molecule has 0 amide bonds. The first-order chi connectivity index (χ1) is 8.54. The van der Waals surface area contributed by atoms with Crippen LogP contribution in [0, 0.1) is 0 Å². The molecule has 0 aliphatic carbocycles. The highest BCUT2D eigenvalue weighted by atomic mass is 15.2. The van der Waals surface area contributed by atoms with E-state index in [1.54, 1.807) is 0 Å². The normalized spacial score (nSPS) is 24.1. The Kier molecular flexibility index (Phi) is 4.08. The Labute approximate surface area is 111 Å². The minimum absolute atomic E-state index is 0.113. The van der Waals surface area contributed by atoms with Gasteiger partial charge in [-0.05, 0) is 50.8 Å². The number of nitrogens with zero attached hydrogens (tertiary/aromatic N) is 1. The smallest absolute Gasteiger partial charge is 0.0307 e. The number of aryl methyl sites for hydroxylation is 1. The number of likely N-dealkylation sites (tertiary alicyclic amines) is 1. The first-order valence-electron chi connectivity index (χ1n) is 7.12. The lowest BCUT2D eigenvalue weighted by Crippen LogP contribution is -2.59. The van der Waals surface area contributed by atoms with Gasteiger partial charge in [0.15, 0.2) is 0 Å². The summed E-state index contributed by atoms with van der Waals surface area (Å²) in [6.45, 7) is 8.93. The summed E-state index contributed by atoms with van der Waals surface area (Å²) in [5.41, 5.74) is 9.18. The van der Waals surface area contributed by atoms with Crippen LogP contribution >= 0.6 is 0 Å². The minimum atomic E-state index is 0.113. The molecule has 1 atom stereocenters. The maximum Gasteiger partial charge on any atom is 0.0307 e. The van der Waals surface area contributed by atoms with Crippen LogP contribution < -0.4 is 5.73 Å². The molecule has 0 saturated carbocycles. The van der Waals surface area contributed by atoms with Crippen molar-refractivity contribution in [2.75, 3.05) is 6.54 Å². The van der Waals surface area contributed by atoms with E-state index in [0.29, 0.717) is 6.04 Å². The lowest BCUT2D eigenvalue weighted by atomic mass is 9.85. The molecule has 1 aliphatic rings. The van der Waals surface area contributed by atoms with Crippen LogP contribution in [-0.2, 0) is 13.0 Å². The minimum Gasteiger partial charge on any atom is -0.326 e. The van der Waals surface area contributed by atoms with Crippen LogP contribution in [0.5, 0.6) is 0 Å². The van der Waals surface area contributed by atoms with Crippen molar-refractivity contribution in [1.82, 2.24) is 4.90 Å². The highest BCUT2D eigenvalue weighted by Gasteiger charge is 2.35. The van der Waals surface area contributed by atoms with E-state index < -0.39 is 0 Å². The van der Waals surface area contributed by atoms with Crippen molar-refractivity contribution < 1.29 is 0 Å². The van der Waals surface area contributed by atoms with Crippen LogP contribution in [0.3, 0.4) is 0 Å². The molecule has 100 valence electrons. The largest absolute Gasteiger partial charge is 0.326 e. The molecular formula is C16H26N2. The maximum atomic E-state index is 6.26. The van der Waals surface area contributed by atoms with E-state index in [9.17, 15) is 0 Å². The van der Waals surface area contributed by atoms with Gasteiger partial charge in [0, 0.05) is 18.1 Å². The lowest BCUT2D eigenvalue weighted by molar-refractivity contribution is 0.0501. The van der Waals surface area contributed by atoms with Gasteiger partial charge in [0.2, 0.25) is 0 Å². The molecule has 18 heavy (non-hydrogen) atoms. The first-order valence-corrected chi connectivity index (χ1v) is 7.12. The summed E-state index contributed by atoms with van der Waals surface area (Å²) in [6.07, 6.45) is 3.48. The van der Waals surface area contributed by atoms with Gasteiger partial charge >= 0.3 is 0 Å². The van der Waals surface area contributed by atoms with Gasteiger partial charge in [0.05, 0.1) is 0 Å². The third-order valence-corrected chi connectivity index (χ3v) is 4.47. The van der Waals surface area contributed by atoms with Crippen LogP contribution in [-0.4, -0.2) is 23.0 Å². The van der Waals surface area contributed by atoms with Gasteiger partial charge in [-0.25, -0.2) is 0 Å². The van der Waals surface area contributed by atoms with E-state index in [1.807, 2.05) is 0 Å². The molecule has 0 radical (unpaired) electrons. The standard InChI is InChI=1S/C16H26N2/c1-4-13-7-9-14(10-8-13)12-18-11-5-6-15(17)16(18,2)3/h7-10,15H,4-6,11-12,17H2,1-3H3. The third-order valence-electron chi connectivity index (χ3n) is 4.47. The zero-order chi connectivity index (χ0) is 13.2. The highest BCUT2D eigenvalue weighted by molar-refractivity contribution is 5.22. The Morgan fingerprint density at radius 2 is 1.83 bits per heavy atom. The topological polar surface area (TPSA) is 29.3 Å². The fraction of sp³-hybridized carbons (Fsp3) is 0.625. The van der Waals surface area contributed by atoms with E-state index in [2.05, 4.69) is 49.9 Å². The summed E-state index contributed by atoms with van der Waals surface area (Å²) < 4.78 is 0. The van der Waals surface area contributed by atoms with E-state index in [1.165, 1.54) is 17.5 Å². The molecule has 1 aliphatic heterocycles. The SMILES string of the molecule is CCc1ccc(CN2CCCC(N)C2(C)C)cc1. The summed E-state index contributed by atoms with van der Waals surface area (Å²) in [4.78, 5) is 2.53. The van der Waals surface area contributed by atoms with Gasteiger partial charge < -0.3 is 5.73 Å². The zero-order valence-corrected chi connectivity index (χ0v) is 11.9. The number of piperidine rings is 1. The van der Waals surface area contributed by atoms with Crippen molar-refractivity contribution in [1.29, 1.82) is 0 Å². The Morgan fingerprint density at radius 3 is 2.44 bits per heavy atom. The van der Waals surface area contributed by atoms with Crippen molar-refractivity contribution in [2.24, 2.45) is 5.73 Å². The molecule has 1 aromatic carbocycles. The molecule has 2 rings (SSSR count). The Hall–Kier alpha value is -0.860. The van der Waals surface area contributed by atoms with E-state index in [4.69, 9.17) is 5.73 Å². The van der Waals surface area contributed by atoms with Gasteiger partial charge in [0.1, 0.15) is 0 Å². The van der Waals surface area contributed by atoms with Gasteiger partial charge in [-0.15, -0.1) is 0 Å². The average molecular weight is 246 g/mol. The lowest BCUT2D eigenvalue weighted by Gasteiger charge is -2.46. The molecular weight excluding hydrogens is 220 g/mol. The van der Waals surface area contributed by atoms with Gasteiger partial charge in [-0.2, -0.15) is 0 Å². The summed E-state index contributed by atoms with van der Waals surface area (Å²) in [5.74, 6) is 0. The molecule has 0 spiro atoms. The number of rotatable bonds is 3. The van der Waals surface area contributed by atoms with Crippen LogP contribution in [0.15, 0.2) is 24.3 Å². The third kappa shape index (κ3) is 2.76. The fourth-order valence-electron chi connectivity index (χ4n) is 2.76. The Morgan fingerprint density at radius 1 is 1.22 bits per heavy atom. The van der Waals surface area contributed by atoms with Crippen LogP contribution in [0.25, 0.3) is 0 Å². The van der Waals surface area contributed by atoms with Crippen molar-refractivity contribution in [3.8, 4) is 0 Å². The van der Waals surface area contributed by atoms with Gasteiger partial charge in [0.25, 0.3) is 0 Å². The summed E-state index contributed by atoms with van der Waals surface area (Å²) in [7, 11) is 0. The van der Waals surface area contributed by atoms with Crippen molar-refractivity contribution in [3.63, 3.8) is 0 Å². The number of nitrogens with two attached hydrogens (primary N) is 1. The van der Waals surface area contributed by atoms with Gasteiger partial charge in [-0.3, -0.25) is 4.90 Å². The predicted octanol–water partition coefficient (Wildman–Crippen LogP) is 2.95. The van der Waals surface area contributed by atoms with E-state index >= 15 is 0 Å². The molecule has 2 N–H and O–H groups in total. The second kappa shape index (κ2) is 5.41. The van der Waals surface area contributed by atoms with Crippen molar-refractivity contribution >= 4 is 0 Å². The predicted molar refractivity (Wildman–Crippen MR) is 77.5 cm³/mol. The van der Waals surface area contributed by atoms with E-state index in [-0.39, 0.29) is 5.54 Å². The molecule has 1 saturated heterocycles. The quantitative estimate of drug-likeness (QED) is 0.888.